The first kappa shape index (κ1) is 13.5. The average molecular weight is 226 g/mol. The fourth-order valence-electron chi connectivity index (χ4n) is 2.12. The second-order valence-corrected chi connectivity index (χ2v) is 5.28. The van der Waals surface area contributed by atoms with Crippen molar-refractivity contribution in [2.24, 2.45) is 11.8 Å². The van der Waals surface area contributed by atoms with E-state index in [-0.39, 0.29) is 5.91 Å². The van der Waals surface area contributed by atoms with Crippen LogP contribution in [0.15, 0.2) is 0 Å². The summed E-state index contributed by atoms with van der Waals surface area (Å²) in [7, 11) is 0. The normalized spacial score (nSPS) is 20.3. The van der Waals surface area contributed by atoms with Gasteiger partial charge in [0.15, 0.2) is 0 Å². The van der Waals surface area contributed by atoms with Gasteiger partial charge >= 0.3 is 0 Å². The highest BCUT2D eigenvalue weighted by Gasteiger charge is 2.15. The molecule has 1 fully saturated rings. The number of hydrogen-bond acceptors (Lipinski definition) is 2. The number of nitrogens with one attached hydrogen (secondary N) is 2. The second-order valence-electron chi connectivity index (χ2n) is 5.28. The van der Waals surface area contributed by atoms with Gasteiger partial charge in [-0.1, -0.05) is 13.8 Å². The number of hydrogen-bond donors (Lipinski definition) is 2. The molecule has 1 saturated heterocycles. The lowest BCUT2D eigenvalue weighted by Crippen LogP contribution is -2.25. The third-order valence-corrected chi connectivity index (χ3v) is 3.22. The molecule has 94 valence electrons. The summed E-state index contributed by atoms with van der Waals surface area (Å²) in [4.78, 5) is 11.5. The number of rotatable bonds is 7. The Morgan fingerprint density at radius 1 is 1.50 bits per heavy atom. The minimum absolute atomic E-state index is 0.232. The second kappa shape index (κ2) is 7.66. The predicted octanol–water partition coefficient (Wildman–Crippen LogP) is 1.93. The lowest BCUT2D eigenvalue weighted by molar-refractivity contribution is -0.121. The SMILES string of the molecule is CC(C)CCCNC(=O)CCC1CCNC1. The summed E-state index contributed by atoms with van der Waals surface area (Å²) in [6, 6.07) is 0. The molecule has 0 bridgehead atoms. The first-order chi connectivity index (χ1) is 7.68. The third-order valence-electron chi connectivity index (χ3n) is 3.22. The molecule has 3 heteroatoms. The van der Waals surface area contributed by atoms with E-state index in [1.54, 1.807) is 0 Å². The minimum Gasteiger partial charge on any atom is -0.356 e. The molecule has 1 aliphatic heterocycles. The highest BCUT2D eigenvalue weighted by atomic mass is 16.1. The molecule has 3 nitrogen and oxygen atoms in total. The molecule has 1 atom stereocenters. The van der Waals surface area contributed by atoms with Crippen LogP contribution in [-0.4, -0.2) is 25.5 Å². The average Bonchev–Trinajstić information content (AvgIpc) is 2.74. The maximum absolute atomic E-state index is 11.5. The van der Waals surface area contributed by atoms with E-state index >= 15 is 0 Å². The van der Waals surface area contributed by atoms with Crippen molar-refractivity contribution in [3.05, 3.63) is 0 Å². The largest absolute Gasteiger partial charge is 0.356 e. The van der Waals surface area contributed by atoms with Gasteiger partial charge in [-0.15, -0.1) is 0 Å². The zero-order valence-electron chi connectivity index (χ0n) is 10.7. The standard InChI is InChI=1S/C13H26N2O/c1-11(2)4-3-8-15-13(16)6-5-12-7-9-14-10-12/h11-12,14H,3-10H2,1-2H3,(H,15,16). The van der Waals surface area contributed by atoms with Crippen molar-refractivity contribution in [3.8, 4) is 0 Å². The van der Waals surface area contributed by atoms with Crippen molar-refractivity contribution in [2.75, 3.05) is 19.6 Å². The van der Waals surface area contributed by atoms with Crippen LogP contribution in [0.5, 0.6) is 0 Å². The van der Waals surface area contributed by atoms with Crippen LogP contribution in [0, 0.1) is 11.8 Å². The Balaban J connectivity index is 1.94. The molecular formula is C13H26N2O. The van der Waals surface area contributed by atoms with Gasteiger partial charge in [0.25, 0.3) is 0 Å². The van der Waals surface area contributed by atoms with Crippen LogP contribution in [0.2, 0.25) is 0 Å². The number of carbonyl (C=O) groups excluding carboxylic acids is 1. The van der Waals surface area contributed by atoms with Gasteiger partial charge in [-0.25, -0.2) is 0 Å². The van der Waals surface area contributed by atoms with Crippen molar-refractivity contribution in [1.29, 1.82) is 0 Å². The highest BCUT2D eigenvalue weighted by Crippen LogP contribution is 2.13. The summed E-state index contributed by atoms with van der Waals surface area (Å²) in [5.74, 6) is 1.69. The molecule has 1 unspecified atom stereocenters. The molecule has 2 N–H and O–H groups in total. The Bertz CT molecular complexity index is 198. The van der Waals surface area contributed by atoms with Crippen molar-refractivity contribution >= 4 is 5.91 Å². The van der Waals surface area contributed by atoms with Gasteiger partial charge in [-0.3, -0.25) is 4.79 Å². The molecule has 1 amide bonds. The van der Waals surface area contributed by atoms with Crippen LogP contribution in [0.4, 0.5) is 0 Å². The fourth-order valence-corrected chi connectivity index (χ4v) is 2.12. The van der Waals surface area contributed by atoms with Gasteiger partial charge < -0.3 is 10.6 Å². The van der Waals surface area contributed by atoms with Crippen molar-refractivity contribution in [2.45, 2.75) is 46.0 Å². The third kappa shape index (κ3) is 6.11. The monoisotopic (exact) mass is 226 g/mol. The minimum atomic E-state index is 0.232. The topological polar surface area (TPSA) is 41.1 Å². The summed E-state index contributed by atoms with van der Waals surface area (Å²) in [6.07, 6.45) is 5.29. The van der Waals surface area contributed by atoms with Crippen LogP contribution in [0.25, 0.3) is 0 Å². The summed E-state index contributed by atoms with van der Waals surface area (Å²) < 4.78 is 0. The van der Waals surface area contributed by atoms with Gasteiger partial charge in [0.1, 0.15) is 0 Å². The van der Waals surface area contributed by atoms with E-state index in [0.29, 0.717) is 6.42 Å². The molecule has 0 aromatic heterocycles. The Morgan fingerprint density at radius 3 is 2.94 bits per heavy atom. The van der Waals surface area contributed by atoms with E-state index in [4.69, 9.17) is 0 Å². The molecule has 0 saturated carbocycles. The lowest BCUT2D eigenvalue weighted by Gasteiger charge is -2.09. The molecule has 0 aliphatic carbocycles. The van der Waals surface area contributed by atoms with Crippen molar-refractivity contribution < 1.29 is 4.79 Å². The summed E-state index contributed by atoms with van der Waals surface area (Å²) >= 11 is 0. The van der Waals surface area contributed by atoms with E-state index in [1.165, 1.54) is 12.8 Å². The van der Waals surface area contributed by atoms with E-state index in [2.05, 4.69) is 24.5 Å². The lowest BCUT2D eigenvalue weighted by atomic mass is 10.0. The molecule has 0 aromatic carbocycles. The van der Waals surface area contributed by atoms with Crippen LogP contribution in [0.1, 0.15) is 46.0 Å². The van der Waals surface area contributed by atoms with E-state index in [9.17, 15) is 4.79 Å². The Hall–Kier alpha value is -0.570. The molecular weight excluding hydrogens is 200 g/mol. The first-order valence-corrected chi connectivity index (χ1v) is 6.66. The predicted molar refractivity (Wildman–Crippen MR) is 67.3 cm³/mol. The fraction of sp³-hybridized carbons (Fsp3) is 0.923. The number of carbonyl (C=O) groups is 1. The number of amides is 1. The molecule has 1 aliphatic rings. The van der Waals surface area contributed by atoms with E-state index in [1.807, 2.05) is 0 Å². The van der Waals surface area contributed by atoms with Crippen LogP contribution >= 0.6 is 0 Å². The van der Waals surface area contributed by atoms with Crippen LogP contribution in [-0.2, 0) is 4.79 Å². The van der Waals surface area contributed by atoms with Gasteiger partial charge in [-0.05, 0) is 50.6 Å². The Labute approximate surface area is 99.4 Å². The summed E-state index contributed by atoms with van der Waals surface area (Å²) in [5, 5.41) is 6.33. The Morgan fingerprint density at radius 2 is 2.31 bits per heavy atom. The smallest absolute Gasteiger partial charge is 0.220 e. The quantitative estimate of drug-likeness (QED) is 0.651. The van der Waals surface area contributed by atoms with Gasteiger partial charge in [0.2, 0.25) is 5.91 Å². The van der Waals surface area contributed by atoms with E-state index < -0.39 is 0 Å². The zero-order valence-corrected chi connectivity index (χ0v) is 10.7. The molecule has 1 rings (SSSR count). The zero-order chi connectivity index (χ0) is 11.8. The van der Waals surface area contributed by atoms with E-state index in [0.717, 1.165) is 44.3 Å². The van der Waals surface area contributed by atoms with Crippen molar-refractivity contribution in [3.63, 3.8) is 0 Å². The van der Waals surface area contributed by atoms with Crippen molar-refractivity contribution in [1.82, 2.24) is 10.6 Å². The molecule has 1 heterocycles. The molecule has 0 aromatic rings. The molecule has 16 heavy (non-hydrogen) atoms. The van der Waals surface area contributed by atoms with Gasteiger partial charge in [-0.2, -0.15) is 0 Å². The molecule has 0 radical (unpaired) electrons. The Kier molecular flexibility index (Phi) is 6.46. The summed E-state index contributed by atoms with van der Waals surface area (Å²) in [6.45, 7) is 7.51. The maximum atomic E-state index is 11.5. The molecule has 0 spiro atoms. The highest BCUT2D eigenvalue weighted by molar-refractivity contribution is 5.75. The summed E-state index contributed by atoms with van der Waals surface area (Å²) in [5.41, 5.74) is 0. The van der Waals surface area contributed by atoms with Gasteiger partial charge in [0, 0.05) is 13.0 Å². The van der Waals surface area contributed by atoms with Crippen LogP contribution in [0.3, 0.4) is 0 Å². The van der Waals surface area contributed by atoms with Crippen LogP contribution < -0.4 is 10.6 Å². The maximum Gasteiger partial charge on any atom is 0.220 e. The first-order valence-electron chi connectivity index (χ1n) is 6.66. The van der Waals surface area contributed by atoms with Gasteiger partial charge in [0.05, 0.1) is 0 Å².